The van der Waals surface area contributed by atoms with Gasteiger partial charge in [-0.05, 0) is 49.2 Å². The Balaban J connectivity index is 1.26. The molecule has 0 aromatic heterocycles. The van der Waals surface area contributed by atoms with E-state index < -0.39 is 16.7 Å². The lowest BCUT2D eigenvalue weighted by molar-refractivity contribution is -0.138. The number of rotatable bonds is 6. The zero-order valence-electron chi connectivity index (χ0n) is 21.6. The van der Waals surface area contributed by atoms with E-state index in [4.69, 9.17) is 16.3 Å². The van der Waals surface area contributed by atoms with Crippen LogP contribution in [0, 0.1) is 11.1 Å². The molecule has 0 bridgehead atoms. The summed E-state index contributed by atoms with van der Waals surface area (Å²) in [6.07, 6.45) is 1.36. The van der Waals surface area contributed by atoms with Crippen LogP contribution >= 0.6 is 11.6 Å². The largest absolute Gasteiger partial charge is 0.627 e. The van der Waals surface area contributed by atoms with Gasteiger partial charge in [0, 0.05) is 47.3 Å². The first-order valence-corrected chi connectivity index (χ1v) is 13.4. The van der Waals surface area contributed by atoms with E-state index in [1.165, 1.54) is 7.11 Å². The van der Waals surface area contributed by atoms with Gasteiger partial charge in [-0.3, -0.25) is 9.59 Å². The topological polar surface area (TPSA) is 98.8 Å². The van der Waals surface area contributed by atoms with Crippen molar-refractivity contribution in [2.75, 3.05) is 25.5 Å². The molecule has 2 heterocycles. The minimum absolute atomic E-state index is 0.133. The number of methoxy groups -OCH3 is 1. The summed E-state index contributed by atoms with van der Waals surface area (Å²) >= 11 is 6.04. The monoisotopic (exact) mass is 547 g/mol. The molecule has 3 aromatic rings. The fraction of sp³-hybridized carbons (Fsp3) is 0.300. The standard InChI is InChI=1S/C30H30ClN3O5/c1-39-30(37)23-6-4-7-25(17-23)32-28(35)21-13-15-33(16-14-21)29(36)27-18-22-5-2-3-8-26(22)34(27,38)19-20-9-11-24(31)12-10-20/h2-12,17,21,27H,13-16,18-19H2,1H3,(H,32,35). The second kappa shape index (κ2) is 11.2. The highest BCUT2D eigenvalue weighted by atomic mass is 35.5. The number of para-hydroxylation sites is 1. The molecule has 2 aliphatic heterocycles. The lowest BCUT2D eigenvalue weighted by Gasteiger charge is -2.45. The first kappa shape index (κ1) is 26.9. The maximum Gasteiger partial charge on any atom is 0.337 e. The summed E-state index contributed by atoms with van der Waals surface area (Å²) in [6, 6.07) is 20.4. The maximum atomic E-state index is 14.4. The van der Waals surface area contributed by atoms with Gasteiger partial charge in [0.1, 0.15) is 12.2 Å². The van der Waals surface area contributed by atoms with Gasteiger partial charge in [0.2, 0.25) is 5.91 Å². The van der Waals surface area contributed by atoms with Crippen molar-refractivity contribution in [3.8, 4) is 0 Å². The smallest absolute Gasteiger partial charge is 0.337 e. The van der Waals surface area contributed by atoms with Crippen LogP contribution in [0.1, 0.15) is 34.3 Å². The quantitative estimate of drug-likeness (QED) is 0.268. The Morgan fingerprint density at radius 1 is 1.03 bits per heavy atom. The van der Waals surface area contributed by atoms with Gasteiger partial charge in [-0.15, -0.1) is 0 Å². The number of hydroxylamine groups is 2. The number of hydrogen-bond donors (Lipinski definition) is 1. The van der Waals surface area contributed by atoms with E-state index in [0.29, 0.717) is 54.3 Å². The van der Waals surface area contributed by atoms with Crippen LogP contribution in [-0.4, -0.2) is 48.9 Å². The Morgan fingerprint density at radius 2 is 1.74 bits per heavy atom. The summed E-state index contributed by atoms with van der Waals surface area (Å²) in [7, 11) is 1.31. The molecule has 39 heavy (non-hydrogen) atoms. The van der Waals surface area contributed by atoms with E-state index in [0.717, 1.165) is 11.1 Å². The van der Waals surface area contributed by atoms with Gasteiger partial charge in [0.15, 0.2) is 6.04 Å². The Morgan fingerprint density at radius 3 is 2.46 bits per heavy atom. The highest BCUT2D eigenvalue weighted by Crippen LogP contribution is 2.41. The van der Waals surface area contributed by atoms with Gasteiger partial charge in [-0.1, -0.05) is 48.0 Å². The summed E-state index contributed by atoms with van der Waals surface area (Å²) in [5.74, 6) is -1.10. The van der Waals surface area contributed by atoms with Crippen molar-refractivity contribution in [3.63, 3.8) is 0 Å². The van der Waals surface area contributed by atoms with Crippen molar-refractivity contribution in [1.29, 1.82) is 0 Å². The van der Waals surface area contributed by atoms with E-state index in [2.05, 4.69) is 5.32 Å². The Kier molecular flexibility index (Phi) is 7.70. The molecule has 2 aliphatic rings. The highest BCUT2D eigenvalue weighted by Gasteiger charge is 2.47. The number of nitrogens with zero attached hydrogens (tertiary/aromatic N) is 2. The molecule has 202 valence electrons. The predicted octanol–water partition coefficient (Wildman–Crippen LogP) is 4.93. The number of fused-ring (bicyclic) bond motifs is 1. The van der Waals surface area contributed by atoms with Crippen LogP contribution in [-0.2, 0) is 27.3 Å². The molecule has 1 saturated heterocycles. The number of carbonyl (C=O) groups is 3. The molecule has 1 fully saturated rings. The third-order valence-electron chi connectivity index (χ3n) is 7.66. The Bertz CT molecular complexity index is 1390. The van der Waals surface area contributed by atoms with Crippen molar-refractivity contribution in [3.05, 3.63) is 99.7 Å². The summed E-state index contributed by atoms with van der Waals surface area (Å²) in [4.78, 5) is 40.2. The van der Waals surface area contributed by atoms with E-state index >= 15 is 0 Å². The third kappa shape index (κ3) is 5.54. The zero-order valence-corrected chi connectivity index (χ0v) is 22.4. The number of nitrogens with one attached hydrogen (secondary N) is 1. The molecule has 0 aliphatic carbocycles. The number of piperidine rings is 1. The number of esters is 1. The second-order valence-electron chi connectivity index (χ2n) is 10.1. The van der Waals surface area contributed by atoms with Crippen LogP contribution in [0.4, 0.5) is 11.4 Å². The molecule has 3 aromatic carbocycles. The first-order chi connectivity index (χ1) is 18.8. The van der Waals surface area contributed by atoms with E-state index in [1.807, 2.05) is 36.4 Å². The summed E-state index contributed by atoms with van der Waals surface area (Å²) < 4.78 is 4.00. The lowest BCUT2D eigenvalue weighted by atomic mass is 9.95. The van der Waals surface area contributed by atoms with Crippen LogP contribution in [0.5, 0.6) is 0 Å². The molecule has 0 saturated carbocycles. The zero-order chi connectivity index (χ0) is 27.6. The van der Waals surface area contributed by atoms with Crippen LogP contribution in [0.25, 0.3) is 0 Å². The van der Waals surface area contributed by atoms with Crippen molar-refractivity contribution < 1.29 is 19.1 Å². The van der Waals surface area contributed by atoms with Gasteiger partial charge >= 0.3 is 5.97 Å². The molecule has 2 unspecified atom stereocenters. The Labute approximate surface area is 232 Å². The van der Waals surface area contributed by atoms with Crippen molar-refractivity contribution in [2.45, 2.75) is 31.8 Å². The Hall–Kier alpha value is -3.72. The number of quaternary nitrogens is 1. The van der Waals surface area contributed by atoms with E-state index in [1.54, 1.807) is 41.3 Å². The number of amides is 2. The minimum atomic E-state index is -0.787. The predicted molar refractivity (Wildman–Crippen MR) is 150 cm³/mol. The highest BCUT2D eigenvalue weighted by molar-refractivity contribution is 6.30. The molecule has 9 heteroatoms. The normalized spacial score (nSPS) is 20.8. The van der Waals surface area contributed by atoms with Crippen molar-refractivity contribution in [1.82, 2.24) is 9.55 Å². The van der Waals surface area contributed by atoms with Crippen LogP contribution in [0.15, 0.2) is 72.8 Å². The summed E-state index contributed by atoms with van der Waals surface area (Å²) in [6.45, 7) is 0.925. The number of anilines is 1. The van der Waals surface area contributed by atoms with E-state index in [-0.39, 0.29) is 24.3 Å². The SMILES string of the molecule is COC(=O)c1cccc(NC(=O)C2CCN(C(=O)C3Cc4ccccc4[N+]3([O-])Cc3ccc(Cl)cc3)CC2)c1. The van der Waals surface area contributed by atoms with Gasteiger partial charge in [-0.2, -0.15) is 0 Å². The molecule has 8 nitrogen and oxygen atoms in total. The van der Waals surface area contributed by atoms with Crippen LogP contribution in [0.3, 0.4) is 0 Å². The number of benzene rings is 3. The molecule has 5 rings (SSSR count). The number of halogens is 1. The maximum absolute atomic E-state index is 14.4. The van der Waals surface area contributed by atoms with Crippen molar-refractivity contribution >= 4 is 40.8 Å². The molecule has 0 radical (unpaired) electrons. The molecule has 1 N–H and O–H groups in total. The molecular weight excluding hydrogens is 518 g/mol. The van der Waals surface area contributed by atoms with Crippen LogP contribution < -0.4 is 9.96 Å². The number of ether oxygens (including phenoxy) is 1. The molecule has 2 atom stereocenters. The third-order valence-corrected chi connectivity index (χ3v) is 7.91. The molecular formula is C30H30ClN3O5. The summed E-state index contributed by atoms with van der Waals surface area (Å²) in [5.41, 5.74) is 3.19. The number of carbonyl (C=O) groups excluding carboxylic acids is 3. The first-order valence-electron chi connectivity index (χ1n) is 13.0. The fourth-order valence-corrected chi connectivity index (χ4v) is 5.68. The number of likely N-dealkylation sites (tertiary alicyclic amines) is 1. The average molecular weight is 548 g/mol. The van der Waals surface area contributed by atoms with Gasteiger partial charge < -0.3 is 24.8 Å². The summed E-state index contributed by atoms with van der Waals surface area (Å²) in [5, 5.41) is 17.9. The second-order valence-corrected chi connectivity index (χ2v) is 10.5. The minimum Gasteiger partial charge on any atom is -0.627 e. The number of hydrogen-bond acceptors (Lipinski definition) is 5. The fourth-order valence-electron chi connectivity index (χ4n) is 5.56. The van der Waals surface area contributed by atoms with Gasteiger partial charge in [0.25, 0.3) is 5.91 Å². The molecule has 0 spiro atoms. The average Bonchev–Trinajstić information content (AvgIpc) is 3.25. The van der Waals surface area contributed by atoms with Gasteiger partial charge in [-0.25, -0.2) is 4.79 Å². The van der Waals surface area contributed by atoms with Crippen LogP contribution in [0.2, 0.25) is 5.02 Å². The van der Waals surface area contributed by atoms with Crippen molar-refractivity contribution in [2.24, 2.45) is 5.92 Å². The lowest BCUT2D eigenvalue weighted by Crippen LogP contribution is -2.58. The van der Waals surface area contributed by atoms with Gasteiger partial charge in [0.05, 0.1) is 12.7 Å². The van der Waals surface area contributed by atoms with E-state index in [9.17, 15) is 19.6 Å². The molecule has 2 amide bonds.